The van der Waals surface area contributed by atoms with Gasteiger partial charge in [-0.2, -0.15) is 0 Å². The van der Waals surface area contributed by atoms with E-state index < -0.39 is 13.0 Å². The summed E-state index contributed by atoms with van der Waals surface area (Å²) < 4.78 is 29.2. The van der Waals surface area contributed by atoms with Crippen molar-refractivity contribution in [3.8, 4) is 11.3 Å². The first-order chi connectivity index (χ1) is 15.0. The number of rotatable bonds is 5. The highest BCUT2D eigenvalue weighted by atomic mass is 19.3. The maximum absolute atomic E-state index is 13.0. The van der Waals surface area contributed by atoms with Gasteiger partial charge in [0.05, 0.1) is 24.0 Å². The molecule has 4 aromatic heterocycles. The monoisotopic (exact) mass is 426 g/mol. The molecule has 0 radical (unpaired) electrons. The fourth-order valence-electron chi connectivity index (χ4n) is 4.14. The molecule has 1 N–H and O–H groups in total. The summed E-state index contributed by atoms with van der Waals surface area (Å²) in [4.78, 5) is 15.8. The van der Waals surface area contributed by atoms with Crippen LogP contribution in [0.3, 0.4) is 0 Å². The number of nitrogens with zero attached hydrogens (tertiary/aromatic N) is 7. The van der Waals surface area contributed by atoms with Crippen molar-refractivity contribution < 1.29 is 8.78 Å². The van der Waals surface area contributed by atoms with Crippen molar-refractivity contribution in [3.63, 3.8) is 0 Å². The first kappa shape index (κ1) is 19.8. The molecule has 0 saturated carbocycles. The van der Waals surface area contributed by atoms with Crippen LogP contribution in [-0.2, 0) is 6.54 Å². The summed E-state index contributed by atoms with van der Waals surface area (Å²) in [5, 5.41) is 8.02. The normalized spacial score (nSPS) is 16.0. The van der Waals surface area contributed by atoms with E-state index in [1.165, 1.54) is 4.57 Å². The minimum Gasteiger partial charge on any atom is -0.350 e. The smallest absolute Gasteiger partial charge is 0.256 e. The molecule has 0 unspecified atom stereocenters. The Bertz CT molecular complexity index is 1220. The zero-order valence-corrected chi connectivity index (χ0v) is 17.5. The molecule has 0 aliphatic carbocycles. The summed E-state index contributed by atoms with van der Waals surface area (Å²) in [7, 11) is 2.13. The molecule has 4 aromatic rings. The minimum absolute atomic E-state index is 0.367. The second kappa shape index (κ2) is 7.84. The highest BCUT2D eigenvalue weighted by Crippen LogP contribution is 2.26. The van der Waals surface area contributed by atoms with E-state index in [9.17, 15) is 8.78 Å². The molecular formula is C21H24F2N8. The summed E-state index contributed by atoms with van der Waals surface area (Å²) in [6.45, 7) is 3.40. The van der Waals surface area contributed by atoms with Crippen LogP contribution in [0.2, 0.25) is 0 Å². The average Bonchev–Trinajstić information content (AvgIpc) is 3.30. The molecule has 162 valence electrons. The Morgan fingerprint density at radius 1 is 1.16 bits per heavy atom. The van der Waals surface area contributed by atoms with Crippen molar-refractivity contribution in [2.45, 2.75) is 38.8 Å². The van der Waals surface area contributed by atoms with Crippen LogP contribution in [0.1, 0.15) is 18.7 Å². The minimum atomic E-state index is -2.47. The molecule has 1 fully saturated rings. The van der Waals surface area contributed by atoms with Crippen LogP contribution in [0, 0.1) is 6.92 Å². The van der Waals surface area contributed by atoms with Gasteiger partial charge in [-0.3, -0.25) is 0 Å². The number of anilines is 1. The van der Waals surface area contributed by atoms with Gasteiger partial charge in [-0.05, 0) is 58.1 Å². The number of pyridine rings is 1. The predicted molar refractivity (Wildman–Crippen MR) is 114 cm³/mol. The maximum Gasteiger partial charge on any atom is 0.256 e. The predicted octanol–water partition coefficient (Wildman–Crippen LogP) is 3.22. The lowest BCUT2D eigenvalue weighted by Gasteiger charge is -2.29. The van der Waals surface area contributed by atoms with Gasteiger partial charge >= 0.3 is 0 Å². The summed E-state index contributed by atoms with van der Waals surface area (Å²) in [5.74, 6) is 1.12. The summed E-state index contributed by atoms with van der Waals surface area (Å²) >= 11 is 0. The Kier molecular flexibility index (Phi) is 5.01. The van der Waals surface area contributed by atoms with Gasteiger partial charge in [0.1, 0.15) is 11.3 Å². The van der Waals surface area contributed by atoms with Gasteiger partial charge in [-0.25, -0.2) is 28.2 Å². The number of fused-ring (bicyclic) bond motifs is 2. The van der Waals surface area contributed by atoms with Crippen LogP contribution >= 0.6 is 0 Å². The topological polar surface area (TPSA) is 76.2 Å². The standard InChI is InChI=1S/C21H24F2N8/c1-13-25-17-4-3-16(27-20(17)30(13)12-19(22)23)15-7-10-31-18(15)11-24-21(28-31)26-14-5-8-29(2)9-6-14/h3-4,7,10-11,14,19H,5-6,8-9,12H2,1-2H3,(H,26,28). The summed E-state index contributed by atoms with van der Waals surface area (Å²) in [6.07, 6.45) is 3.28. The van der Waals surface area contributed by atoms with E-state index in [-0.39, 0.29) is 0 Å². The molecule has 1 aliphatic rings. The molecule has 5 rings (SSSR count). The number of aryl methyl sites for hydroxylation is 1. The lowest BCUT2D eigenvalue weighted by atomic mass is 10.1. The van der Waals surface area contributed by atoms with Crippen molar-refractivity contribution in [1.82, 2.24) is 34.0 Å². The average molecular weight is 426 g/mol. The van der Waals surface area contributed by atoms with Crippen molar-refractivity contribution >= 4 is 22.6 Å². The van der Waals surface area contributed by atoms with Gasteiger partial charge < -0.3 is 14.8 Å². The number of alkyl halides is 2. The second-order valence-corrected chi connectivity index (χ2v) is 8.06. The molecule has 0 aromatic carbocycles. The Hall–Kier alpha value is -3.14. The van der Waals surface area contributed by atoms with Gasteiger partial charge in [0.2, 0.25) is 5.95 Å². The molecule has 31 heavy (non-hydrogen) atoms. The lowest BCUT2D eigenvalue weighted by Crippen LogP contribution is -2.37. The quantitative estimate of drug-likeness (QED) is 0.528. The van der Waals surface area contributed by atoms with Gasteiger partial charge in [-0.15, -0.1) is 5.10 Å². The van der Waals surface area contributed by atoms with Crippen molar-refractivity contribution in [1.29, 1.82) is 0 Å². The zero-order chi connectivity index (χ0) is 21.5. The fourth-order valence-corrected chi connectivity index (χ4v) is 4.14. The molecular weight excluding hydrogens is 402 g/mol. The zero-order valence-electron chi connectivity index (χ0n) is 17.5. The molecule has 0 atom stereocenters. The van der Waals surface area contributed by atoms with E-state index in [0.717, 1.165) is 37.0 Å². The molecule has 10 heteroatoms. The van der Waals surface area contributed by atoms with Gasteiger partial charge in [0.25, 0.3) is 6.43 Å². The van der Waals surface area contributed by atoms with E-state index in [0.29, 0.717) is 34.7 Å². The van der Waals surface area contributed by atoms with Crippen LogP contribution in [0.4, 0.5) is 14.7 Å². The second-order valence-electron chi connectivity index (χ2n) is 8.06. The van der Waals surface area contributed by atoms with Gasteiger partial charge in [0, 0.05) is 17.8 Å². The third-order valence-electron chi connectivity index (χ3n) is 5.85. The van der Waals surface area contributed by atoms with Crippen molar-refractivity contribution in [2.24, 2.45) is 0 Å². The van der Waals surface area contributed by atoms with Crippen LogP contribution in [0.25, 0.3) is 27.9 Å². The number of aromatic nitrogens is 6. The molecule has 0 amide bonds. The van der Waals surface area contributed by atoms with Gasteiger partial charge in [0.15, 0.2) is 5.65 Å². The third-order valence-corrected chi connectivity index (χ3v) is 5.85. The van der Waals surface area contributed by atoms with E-state index >= 15 is 0 Å². The molecule has 5 heterocycles. The number of hydrogen-bond donors (Lipinski definition) is 1. The lowest BCUT2D eigenvalue weighted by molar-refractivity contribution is 0.127. The number of likely N-dealkylation sites (tertiary alicyclic amines) is 1. The van der Waals surface area contributed by atoms with Crippen LogP contribution in [0.5, 0.6) is 0 Å². The molecule has 0 spiro atoms. The number of imidazole rings is 1. The van der Waals surface area contributed by atoms with E-state index in [1.54, 1.807) is 17.6 Å². The van der Waals surface area contributed by atoms with Crippen molar-refractivity contribution in [3.05, 3.63) is 36.4 Å². The first-order valence-electron chi connectivity index (χ1n) is 10.4. The molecule has 1 saturated heterocycles. The summed E-state index contributed by atoms with van der Waals surface area (Å²) in [5.41, 5.74) is 3.38. The van der Waals surface area contributed by atoms with Crippen LogP contribution in [0.15, 0.2) is 30.6 Å². The fraction of sp³-hybridized carbons (Fsp3) is 0.429. The highest BCUT2D eigenvalue weighted by Gasteiger charge is 2.19. The summed E-state index contributed by atoms with van der Waals surface area (Å²) in [6, 6.07) is 5.94. The Balaban J connectivity index is 1.45. The number of hydrogen-bond acceptors (Lipinski definition) is 6. The number of nitrogens with one attached hydrogen (secondary N) is 1. The van der Waals surface area contributed by atoms with Crippen LogP contribution < -0.4 is 5.32 Å². The Morgan fingerprint density at radius 3 is 2.74 bits per heavy atom. The molecule has 0 bridgehead atoms. The Labute approximate surface area is 177 Å². The van der Waals surface area contributed by atoms with E-state index in [1.807, 2.05) is 24.4 Å². The number of piperidine rings is 1. The SMILES string of the molecule is Cc1nc2ccc(-c3ccn4nc(NC5CCN(C)CC5)ncc34)nc2n1CC(F)F. The number of halogens is 2. The van der Waals surface area contributed by atoms with Crippen LogP contribution in [-0.4, -0.2) is 66.6 Å². The first-order valence-corrected chi connectivity index (χ1v) is 10.4. The molecule has 8 nitrogen and oxygen atoms in total. The highest BCUT2D eigenvalue weighted by molar-refractivity contribution is 5.82. The van der Waals surface area contributed by atoms with E-state index in [2.05, 4.69) is 37.3 Å². The largest absolute Gasteiger partial charge is 0.350 e. The Morgan fingerprint density at radius 2 is 1.97 bits per heavy atom. The molecule has 1 aliphatic heterocycles. The maximum atomic E-state index is 13.0. The van der Waals surface area contributed by atoms with E-state index in [4.69, 9.17) is 0 Å². The van der Waals surface area contributed by atoms with Gasteiger partial charge in [-0.1, -0.05) is 0 Å². The third kappa shape index (κ3) is 3.83. The van der Waals surface area contributed by atoms with Crippen molar-refractivity contribution in [2.75, 3.05) is 25.5 Å².